The van der Waals surface area contributed by atoms with Crippen LogP contribution in [0.4, 0.5) is 11.4 Å². The fourth-order valence-corrected chi connectivity index (χ4v) is 3.78. The lowest BCUT2D eigenvalue weighted by Gasteiger charge is -2.24. The van der Waals surface area contributed by atoms with E-state index in [1.165, 1.54) is 19.3 Å². The Morgan fingerprint density at radius 2 is 1.48 bits per heavy atom. The number of unbranched alkanes of at least 4 members (excludes halogenated alkanes) is 1. The fourth-order valence-electron chi connectivity index (χ4n) is 3.78. The minimum Gasteiger partial charge on any atom is -0.388 e. The molecule has 2 aromatic carbocycles. The highest BCUT2D eigenvalue weighted by molar-refractivity contribution is 6.31. The van der Waals surface area contributed by atoms with Crippen LogP contribution in [0.15, 0.2) is 36.4 Å². The number of fused-ring (bicyclic) bond motifs is 2. The third-order valence-corrected chi connectivity index (χ3v) is 5.47. The van der Waals surface area contributed by atoms with Crippen molar-refractivity contribution in [3.8, 4) is 0 Å². The first-order valence-corrected chi connectivity index (χ1v) is 9.89. The molecule has 0 spiro atoms. The number of anilines is 2. The van der Waals surface area contributed by atoms with E-state index in [0.29, 0.717) is 33.9 Å². The molecule has 0 aromatic heterocycles. The molecule has 0 amide bonds. The van der Waals surface area contributed by atoms with Crippen molar-refractivity contribution in [2.24, 2.45) is 5.92 Å². The van der Waals surface area contributed by atoms with Gasteiger partial charge in [-0.05, 0) is 24.5 Å². The molecule has 0 bridgehead atoms. The van der Waals surface area contributed by atoms with Crippen molar-refractivity contribution >= 4 is 22.9 Å². The molecule has 4 heteroatoms. The smallest absolute Gasteiger partial charge is 0.196 e. The number of ketones is 2. The second-order valence-electron chi connectivity index (χ2n) is 7.16. The third-order valence-electron chi connectivity index (χ3n) is 5.47. The Hall–Kier alpha value is -2.62. The van der Waals surface area contributed by atoms with Crippen molar-refractivity contribution in [1.29, 1.82) is 0 Å². The van der Waals surface area contributed by atoms with Crippen LogP contribution in [0, 0.1) is 5.92 Å². The predicted octanol–water partition coefficient (Wildman–Crippen LogP) is 5.13. The number of rotatable bonds is 8. The molecular formula is C23H28N2O2. The Bertz CT molecular complexity index is 857. The molecule has 2 aromatic rings. The molecule has 0 saturated carbocycles. The van der Waals surface area contributed by atoms with Gasteiger partial charge < -0.3 is 10.6 Å². The molecule has 1 aliphatic rings. The topological polar surface area (TPSA) is 58.2 Å². The van der Waals surface area contributed by atoms with Gasteiger partial charge in [-0.1, -0.05) is 57.4 Å². The molecule has 4 nitrogen and oxygen atoms in total. The summed E-state index contributed by atoms with van der Waals surface area (Å²) < 4.78 is 0. The lowest BCUT2D eigenvalue weighted by Crippen LogP contribution is -2.25. The molecule has 0 unspecified atom stereocenters. The molecule has 27 heavy (non-hydrogen) atoms. The maximum atomic E-state index is 13.2. The molecular weight excluding hydrogens is 336 g/mol. The van der Waals surface area contributed by atoms with Gasteiger partial charge in [0.15, 0.2) is 11.6 Å². The third kappa shape index (κ3) is 3.61. The van der Waals surface area contributed by atoms with E-state index in [1.54, 1.807) is 25.2 Å². The molecule has 142 valence electrons. The Kier molecular flexibility index (Phi) is 5.94. The number of carbonyl (C=O) groups excluding carboxylic acids is 2. The zero-order chi connectivity index (χ0) is 19.4. The van der Waals surface area contributed by atoms with Gasteiger partial charge in [-0.25, -0.2) is 0 Å². The van der Waals surface area contributed by atoms with E-state index in [-0.39, 0.29) is 11.6 Å². The molecule has 0 heterocycles. The molecule has 1 atom stereocenters. The maximum Gasteiger partial charge on any atom is 0.196 e. The van der Waals surface area contributed by atoms with Gasteiger partial charge in [-0.3, -0.25) is 9.59 Å². The van der Waals surface area contributed by atoms with Crippen LogP contribution >= 0.6 is 0 Å². The largest absolute Gasteiger partial charge is 0.388 e. The van der Waals surface area contributed by atoms with Crippen molar-refractivity contribution in [2.75, 3.05) is 24.2 Å². The van der Waals surface area contributed by atoms with Crippen molar-refractivity contribution in [3.63, 3.8) is 0 Å². The Balaban J connectivity index is 1.99. The van der Waals surface area contributed by atoms with Gasteiger partial charge in [-0.15, -0.1) is 0 Å². The van der Waals surface area contributed by atoms with Crippen molar-refractivity contribution in [1.82, 2.24) is 0 Å². The van der Waals surface area contributed by atoms with Crippen LogP contribution in [-0.2, 0) is 0 Å². The second-order valence-corrected chi connectivity index (χ2v) is 7.16. The molecule has 3 rings (SSSR count). The molecule has 2 N–H and O–H groups in total. The summed E-state index contributed by atoms with van der Waals surface area (Å²) >= 11 is 0. The Morgan fingerprint density at radius 3 is 2.04 bits per heavy atom. The zero-order valence-electron chi connectivity index (χ0n) is 16.4. The molecule has 0 aliphatic heterocycles. The van der Waals surface area contributed by atoms with Crippen LogP contribution in [-0.4, -0.2) is 25.2 Å². The number of hydrogen-bond donors (Lipinski definition) is 2. The monoisotopic (exact) mass is 364 g/mol. The summed E-state index contributed by atoms with van der Waals surface area (Å²) in [6.45, 7) is 5.21. The number of carbonyl (C=O) groups is 2. The van der Waals surface area contributed by atoms with Gasteiger partial charge in [0.05, 0.1) is 11.1 Å². The molecule has 0 radical (unpaired) electrons. The summed E-state index contributed by atoms with van der Waals surface area (Å²) in [6.07, 6.45) is 4.67. The van der Waals surface area contributed by atoms with Crippen LogP contribution in [0.3, 0.4) is 0 Å². The zero-order valence-corrected chi connectivity index (χ0v) is 16.4. The quantitative estimate of drug-likeness (QED) is 0.581. The van der Waals surface area contributed by atoms with E-state index < -0.39 is 0 Å². The van der Waals surface area contributed by atoms with Gasteiger partial charge in [0.1, 0.15) is 0 Å². The van der Waals surface area contributed by atoms with Crippen LogP contribution in [0.25, 0.3) is 0 Å². The molecule has 0 fully saturated rings. The first kappa shape index (κ1) is 19.2. The normalized spacial score (nSPS) is 13.7. The summed E-state index contributed by atoms with van der Waals surface area (Å²) in [6, 6.07) is 10.9. The van der Waals surface area contributed by atoms with Crippen molar-refractivity contribution in [2.45, 2.75) is 39.5 Å². The molecule has 0 saturated heterocycles. The number of nitrogens with one attached hydrogen (secondary N) is 2. The van der Waals surface area contributed by atoms with Gasteiger partial charge in [0.25, 0.3) is 0 Å². The van der Waals surface area contributed by atoms with E-state index in [2.05, 4.69) is 24.5 Å². The lowest BCUT2D eigenvalue weighted by molar-refractivity contribution is 0.0980. The maximum absolute atomic E-state index is 13.2. The lowest BCUT2D eigenvalue weighted by atomic mass is 9.82. The van der Waals surface area contributed by atoms with Gasteiger partial charge >= 0.3 is 0 Å². The van der Waals surface area contributed by atoms with E-state index in [9.17, 15) is 9.59 Å². The van der Waals surface area contributed by atoms with Gasteiger partial charge in [0.2, 0.25) is 0 Å². The first-order chi connectivity index (χ1) is 13.1. The van der Waals surface area contributed by atoms with Crippen LogP contribution in [0.5, 0.6) is 0 Å². The van der Waals surface area contributed by atoms with Crippen molar-refractivity contribution in [3.05, 3.63) is 58.7 Å². The van der Waals surface area contributed by atoms with Gasteiger partial charge in [0, 0.05) is 36.1 Å². The highest BCUT2D eigenvalue weighted by atomic mass is 16.1. The highest BCUT2D eigenvalue weighted by Crippen LogP contribution is 2.36. The van der Waals surface area contributed by atoms with E-state index in [0.717, 1.165) is 18.7 Å². The average molecular weight is 364 g/mol. The summed E-state index contributed by atoms with van der Waals surface area (Å²) in [5.41, 5.74) is 3.40. The molecule has 1 aliphatic carbocycles. The fraction of sp³-hybridized carbons (Fsp3) is 0.391. The number of benzene rings is 2. The minimum absolute atomic E-state index is 0.0820. The first-order valence-electron chi connectivity index (χ1n) is 9.89. The van der Waals surface area contributed by atoms with Crippen LogP contribution in [0.2, 0.25) is 0 Å². The minimum atomic E-state index is -0.0915. The Labute approximate surface area is 161 Å². The summed E-state index contributed by atoms with van der Waals surface area (Å²) in [5, 5.41) is 6.53. The SMILES string of the molecule is CCCC[C@@H](CC)CNc1ccc(NC)c2c1C(=O)c1ccccc1C2=O. The van der Waals surface area contributed by atoms with E-state index >= 15 is 0 Å². The number of hydrogen-bond acceptors (Lipinski definition) is 4. The summed E-state index contributed by atoms with van der Waals surface area (Å²) in [7, 11) is 1.78. The standard InChI is InChI=1S/C23H28N2O2/c1-4-6-9-15(5-2)14-25-19-13-12-18(24-3)20-21(19)23(27)17-11-8-7-10-16(17)22(20)26/h7-8,10-13,15,24-25H,4-6,9,14H2,1-3H3/t15-/m1/s1. The second kappa shape index (κ2) is 8.38. The summed E-state index contributed by atoms with van der Waals surface area (Å²) in [4.78, 5) is 26.3. The highest BCUT2D eigenvalue weighted by Gasteiger charge is 2.33. The van der Waals surface area contributed by atoms with E-state index in [1.807, 2.05) is 18.2 Å². The Morgan fingerprint density at radius 1 is 0.889 bits per heavy atom. The van der Waals surface area contributed by atoms with E-state index in [4.69, 9.17) is 0 Å². The van der Waals surface area contributed by atoms with Crippen molar-refractivity contribution < 1.29 is 9.59 Å². The summed E-state index contributed by atoms with van der Waals surface area (Å²) in [5.74, 6) is 0.388. The predicted molar refractivity (Wildman–Crippen MR) is 111 cm³/mol. The van der Waals surface area contributed by atoms with Crippen LogP contribution < -0.4 is 10.6 Å². The average Bonchev–Trinajstić information content (AvgIpc) is 2.71. The van der Waals surface area contributed by atoms with Gasteiger partial charge in [-0.2, -0.15) is 0 Å². The van der Waals surface area contributed by atoms with Crippen LogP contribution in [0.1, 0.15) is 71.4 Å².